The van der Waals surface area contributed by atoms with Crippen LogP contribution in [0, 0.1) is 0 Å². The molecule has 1 unspecified atom stereocenters. The average molecular weight is 510 g/mol. The third-order valence-electron chi connectivity index (χ3n) is 5.95. The molecule has 1 fully saturated rings. The Kier molecular flexibility index (Phi) is 8.22. The van der Waals surface area contributed by atoms with Crippen LogP contribution in [-0.4, -0.2) is 46.9 Å². The number of nitrogen functional groups attached to an aromatic ring is 1. The van der Waals surface area contributed by atoms with E-state index in [1.807, 2.05) is 6.92 Å². The first-order chi connectivity index (χ1) is 16.0. The number of benzene rings is 1. The van der Waals surface area contributed by atoms with Crippen LogP contribution in [0.1, 0.15) is 44.6 Å². The number of ether oxygens (including phenoxy) is 1. The van der Waals surface area contributed by atoms with Crippen molar-refractivity contribution in [3.63, 3.8) is 0 Å². The number of nitrogens with one attached hydrogen (secondary N) is 2. The van der Waals surface area contributed by atoms with E-state index in [1.54, 1.807) is 12.1 Å². The third-order valence-corrected chi connectivity index (χ3v) is 7.78. The number of carbonyl (C=O) groups is 1. The van der Waals surface area contributed by atoms with Crippen molar-refractivity contribution in [3.05, 3.63) is 27.7 Å². The van der Waals surface area contributed by atoms with Gasteiger partial charge in [0.15, 0.2) is 0 Å². The second-order valence-corrected chi connectivity index (χ2v) is 10.3. The van der Waals surface area contributed by atoms with E-state index in [0.717, 1.165) is 12.1 Å². The van der Waals surface area contributed by atoms with E-state index in [4.69, 9.17) is 33.7 Å². The maximum Gasteiger partial charge on any atom is 0.233 e. The number of rotatable bonds is 8. The van der Waals surface area contributed by atoms with Crippen molar-refractivity contribution < 1.29 is 9.53 Å². The number of amides is 1. The molecule has 1 amide bonds. The van der Waals surface area contributed by atoms with Crippen molar-refractivity contribution in [1.29, 1.82) is 0 Å². The quantitative estimate of drug-likeness (QED) is 0.355. The van der Waals surface area contributed by atoms with Gasteiger partial charge in [0.1, 0.15) is 17.4 Å². The lowest BCUT2D eigenvalue weighted by molar-refractivity contribution is -0.120. The van der Waals surface area contributed by atoms with Crippen molar-refractivity contribution in [2.24, 2.45) is 0 Å². The molecule has 1 saturated carbocycles. The molecular formula is C23H29Cl2N5O2S. The molecule has 1 aromatic carbocycles. The average Bonchev–Trinajstić information content (AvgIpc) is 3.22. The lowest BCUT2D eigenvalue weighted by Gasteiger charge is -2.23. The van der Waals surface area contributed by atoms with Gasteiger partial charge in [-0.1, -0.05) is 54.2 Å². The van der Waals surface area contributed by atoms with Gasteiger partial charge in [0.25, 0.3) is 0 Å². The van der Waals surface area contributed by atoms with E-state index in [2.05, 4.69) is 20.6 Å². The van der Waals surface area contributed by atoms with E-state index in [0.29, 0.717) is 57.7 Å². The summed E-state index contributed by atoms with van der Waals surface area (Å²) in [5.74, 6) is 0.651. The van der Waals surface area contributed by atoms with Crippen LogP contribution in [0.25, 0.3) is 11.3 Å². The number of hydrogen-bond donors (Lipinski definition) is 3. The summed E-state index contributed by atoms with van der Waals surface area (Å²) in [6, 6.07) is 4.04. The molecule has 2 aliphatic rings. The van der Waals surface area contributed by atoms with Gasteiger partial charge < -0.3 is 21.1 Å². The molecule has 1 aliphatic carbocycles. The van der Waals surface area contributed by atoms with Gasteiger partial charge in [-0.2, -0.15) is 0 Å². The molecule has 1 aromatic heterocycles. The fourth-order valence-corrected chi connectivity index (χ4v) is 6.04. The molecule has 0 bridgehead atoms. The highest BCUT2D eigenvalue weighted by molar-refractivity contribution is 8.00. The highest BCUT2D eigenvalue weighted by atomic mass is 35.5. The van der Waals surface area contributed by atoms with Gasteiger partial charge in [-0.05, 0) is 38.3 Å². The number of thioether (sulfide) groups is 1. The minimum Gasteiger partial charge on any atom is -0.491 e. The second kappa shape index (κ2) is 11.1. The van der Waals surface area contributed by atoms with E-state index in [1.165, 1.54) is 43.9 Å². The fourth-order valence-electron chi connectivity index (χ4n) is 4.33. The maximum absolute atomic E-state index is 12.4. The maximum atomic E-state index is 12.4. The van der Waals surface area contributed by atoms with Crippen LogP contribution in [0.3, 0.4) is 0 Å². The van der Waals surface area contributed by atoms with Crippen LogP contribution in [-0.2, 0) is 11.2 Å². The second-order valence-electron chi connectivity index (χ2n) is 8.32. The van der Waals surface area contributed by atoms with Crippen molar-refractivity contribution in [2.45, 2.75) is 61.8 Å². The predicted molar refractivity (Wildman–Crippen MR) is 134 cm³/mol. The Balaban J connectivity index is 1.52. The Hall–Kier alpha value is -1.74. The standard InChI is InChI=1S/C23H29Cl2N5O2S/c1-2-27-21(31)19-11-15-20(29-23(26)30-22(15)33-19)14-10-18(17(25)12-16(14)24)32-9-8-28-13-6-4-3-5-7-13/h10,12-13,19,28H,2-9,11H2,1H3,(H,27,31)(H2,26,29,30). The number of hydrogen-bond acceptors (Lipinski definition) is 7. The van der Waals surface area contributed by atoms with Crippen LogP contribution < -0.4 is 21.1 Å². The molecule has 178 valence electrons. The molecular weight excluding hydrogens is 481 g/mol. The van der Waals surface area contributed by atoms with Crippen LogP contribution in [0.4, 0.5) is 5.95 Å². The van der Waals surface area contributed by atoms with Gasteiger partial charge in [0, 0.05) is 30.3 Å². The number of halogens is 2. The van der Waals surface area contributed by atoms with Crippen molar-refractivity contribution >= 4 is 46.8 Å². The summed E-state index contributed by atoms with van der Waals surface area (Å²) >= 11 is 14.4. The van der Waals surface area contributed by atoms with Crippen molar-refractivity contribution in [3.8, 4) is 17.0 Å². The molecule has 4 N–H and O–H groups in total. The van der Waals surface area contributed by atoms with Crippen molar-refractivity contribution in [1.82, 2.24) is 20.6 Å². The van der Waals surface area contributed by atoms with Gasteiger partial charge in [-0.25, -0.2) is 9.97 Å². The molecule has 0 radical (unpaired) electrons. The molecule has 2 heterocycles. The minimum atomic E-state index is -0.276. The number of nitrogens with two attached hydrogens (primary N) is 1. The first-order valence-electron chi connectivity index (χ1n) is 11.4. The molecule has 2 aromatic rings. The smallest absolute Gasteiger partial charge is 0.233 e. The van der Waals surface area contributed by atoms with Gasteiger partial charge in [0.2, 0.25) is 11.9 Å². The van der Waals surface area contributed by atoms with Gasteiger partial charge in [-0.15, -0.1) is 0 Å². The fraction of sp³-hybridized carbons (Fsp3) is 0.522. The normalized spacial score (nSPS) is 18.2. The predicted octanol–water partition coefficient (Wildman–Crippen LogP) is 4.49. The summed E-state index contributed by atoms with van der Waals surface area (Å²) in [5.41, 5.74) is 8.13. The lowest BCUT2D eigenvalue weighted by Crippen LogP contribution is -2.34. The molecule has 0 spiro atoms. The van der Waals surface area contributed by atoms with Crippen molar-refractivity contribution in [2.75, 3.05) is 25.4 Å². The molecule has 0 saturated heterocycles. The zero-order chi connectivity index (χ0) is 23.4. The molecule has 1 atom stereocenters. The third kappa shape index (κ3) is 5.85. The van der Waals surface area contributed by atoms with Crippen LogP contribution in [0.2, 0.25) is 10.0 Å². The van der Waals surface area contributed by atoms with E-state index < -0.39 is 0 Å². The summed E-state index contributed by atoms with van der Waals surface area (Å²) in [5, 5.41) is 7.75. The minimum absolute atomic E-state index is 0.0262. The highest BCUT2D eigenvalue weighted by Gasteiger charge is 2.33. The largest absolute Gasteiger partial charge is 0.491 e. The summed E-state index contributed by atoms with van der Waals surface area (Å²) in [7, 11) is 0. The lowest BCUT2D eigenvalue weighted by atomic mass is 9.96. The molecule has 33 heavy (non-hydrogen) atoms. The van der Waals surface area contributed by atoms with Gasteiger partial charge in [0.05, 0.1) is 21.0 Å². The van der Waals surface area contributed by atoms with Crippen LogP contribution >= 0.6 is 35.0 Å². The topological polar surface area (TPSA) is 102 Å². The number of nitrogens with zero attached hydrogens (tertiary/aromatic N) is 2. The Morgan fingerprint density at radius 3 is 2.76 bits per heavy atom. The first-order valence-corrected chi connectivity index (χ1v) is 13.1. The highest BCUT2D eigenvalue weighted by Crippen LogP contribution is 2.44. The number of fused-ring (bicyclic) bond motifs is 1. The Morgan fingerprint density at radius 1 is 1.21 bits per heavy atom. The van der Waals surface area contributed by atoms with Gasteiger partial charge >= 0.3 is 0 Å². The van der Waals surface area contributed by atoms with Crippen LogP contribution in [0.15, 0.2) is 17.2 Å². The molecule has 4 rings (SSSR count). The van der Waals surface area contributed by atoms with E-state index in [9.17, 15) is 4.79 Å². The van der Waals surface area contributed by atoms with Crippen LogP contribution in [0.5, 0.6) is 5.75 Å². The summed E-state index contributed by atoms with van der Waals surface area (Å²) < 4.78 is 5.99. The monoisotopic (exact) mass is 509 g/mol. The zero-order valence-electron chi connectivity index (χ0n) is 18.6. The number of aromatic nitrogens is 2. The number of carbonyl (C=O) groups excluding carboxylic acids is 1. The Labute approximate surface area is 208 Å². The van der Waals surface area contributed by atoms with E-state index >= 15 is 0 Å². The molecule has 7 nitrogen and oxygen atoms in total. The SMILES string of the molecule is CCNC(=O)C1Cc2c(nc(N)nc2-c2cc(OCCNC3CCCCC3)c(Cl)cc2Cl)S1. The Bertz CT molecular complexity index is 1020. The summed E-state index contributed by atoms with van der Waals surface area (Å²) in [6.07, 6.45) is 6.86. The number of anilines is 1. The zero-order valence-corrected chi connectivity index (χ0v) is 21.0. The first kappa shape index (κ1) is 24.4. The Morgan fingerprint density at radius 2 is 2.00 bits per heavy atom. The van der Waals surface area contributed by atoms with Gasteiger partial charge in [-0.3, -0.25) is 4.79 Å². The molecule has 1 aliphatic heterocycles. The van der Waals surface area contributed by atoms with E-state index in [-0.39, 0.29) is 17.1 Å². The summed E-state index contributed by atoms with van der Waals surface area (Å²) in [4.78, 5) is 21.2. The molecule has 10 heteroatoms. The summed E-state index contributed by atoms with van der Waals surface area (Å²) in [6.45, 7) is 3.72.